The van der Waals surface area contributed by atoms with Crippen LogP contribution in [0.3, 0.4) is 0 Å². The molecule has 1 atom stereocenters. The summed E-state index contributed by atoms with van der Waals surface area (Å²) in [5, 5.41) is 10.1. The van der Waals surface area contributed by atoms with Crippen molar-refractivity contribution in [3.05, 3.63) is 54.1 Å². The molecule has 3 heterocycles. The first-order valence-corrected chi connectivity index (χ1v) is 10.7. The van der Waals surface area contributed by atoms with Crippen LogP contribution in [0.5, 0.6) is 0 Å². The van der Waals surface area contributed by atoms with Gasteiger partial charge in [-0.2, -0.15) is 0 Å². The Balaban J connectivity index is 1.44. The van der Waals surface area contributed by atoms with Crippen molar-refractivity contribution in [1.82, 2.24) is 19.7 Å². The van der Waals surface area contributed by atoms with E-state index in [2.05, 4.69) is 33.8 Å². The van der Waals surface area contributed by atoms with Crippen molar-refractivity contribution in [2.24, 2.45) is 0 Å². The summed E-state index contributed by atoms with van der Waals surface area (Å²) in [6, 6.07) is 16.2. The van der Waals surface area contributed by atoms with Crippen molar-refractivity contribution in [2.75, 3.05) is 11.4 Å². The van der Waals surface area contributed by atoms with Gasteiger partial charge in [-0.3, -0.25) is 4.79 Å². The average molecular weight is 404 g/mol. The van der Waals surface area contributed by atoms with Gasteiger partial charge in [0.15, 0.2) is 5.65 Å². The van der Waals surface area contributed by atoms with Crippen LogP contribution in [0.2, 0.25) is 0 Å². The van der Waals surface area contributed by atoms with Crippen LogP contribution in [0.1, 0.15) is 19.4 Å². The molecule has 5 rings (SSSR count). The van der Waals surface area contributed by atoms with Gasteiger partial charge in [-0.1, -0.05) is 48.2 Å². The lowest BCUT2D eigenvalue weighted by molar-refractivity contribution is -0.117. The SMILES string of the molecule is CCn1c2ccccc2c2nnc(S[C@H](C)C(=O)N3CCc4ccccc43)nc21. The Hall–Kier alpha value is -2.93. The highest BCUT2D eigenvalue weighted by Gasteiger charge is 2.29. The maximum Gasteiger partial charge on any atom is 0.240 e. The van der Waals surface area contributed by atoms with E-state index in [1.54, 1.807) is 0 Å². The molecule has 7 heteroatoms. The van der Waals surface area contributed by atoms with Crippen molar-refractivity contribution >= 4 is 45.4 Å². The maximum atomic E-state index is 13.1. The zero-order valence-corrected chi connectivity index (χ0v) is 17.2. The van der Waals surface area contributed by atoms with Gasteiger partial charge < -0.3 is 9.47 Å². The van der Waals surface area contributed by atoms with Crippen LogP contribution in [-0.4, -0.2) is 37.5 Å². The van der Waals surface area contributed by atoms with Gasteiger partial charge >= 0.3 is 0 Å². The minimum absolute atomic E-state index is 0.0830. The standard InChI is InChI=1S/C22H21N5OS/c1-3-26-18-11-7-5-9-16(18)19-20(26)23-22(25-24-19)29-14(2)21(28)27-13-12-15-8-4-6-10-17(15)27/h4-11,14H,3,12-13H2,1-2H3/t14-/m1/s1. The normalized spacial score (nSPS) is 14.5. The van der Waals surface area contributed by atoms with Gasteiger partial charge in [0.25, 0.3) is 0 Å². The van der Waals surface area contributed by atoms with Crippen LogP contribution in [0.4, 0.5) is 5.69 Å². The second-order valence-electron chi connectivity index (χ2n) is 7.16. The number of para-hydroxylation sites is 2. The van der Waals surface area contributed by atoms with Gasteiger partial charge in [-0.05, 0) is 38.0 Å². The number of fused-ring (bicyclic) bond motifs is 4. The topological polar surface area (TPSA) is 63.9 Å². The Labute approximate surface area is 172 Å². The van der Waals surface area contributed by atoms with Crippen molar-refractivity contribution in [2.45, 2.75) is 37.2 Å². The maximum absolute atomic E-state index is 13.1. The second-order valence-corrected chi connectivity index (χ2v) is 8.46. The molecule has 0 saturated heterocycles. The average Bonchev–Trinajstić information content (AvgIpc) is 3.32. The summed E-state index contributed by atoms with van der Waals surface area (Å²) in [6.45, 7) is 5.53. The zero-order valence-electron chi connectivity index (χ0n) is 16.4. The summed E-state index contributed by atoms with van der Waals surface area (Å²) in [4.78, 5) is 19.7. The van der Waals surface area contributed by atoms with Gasteiger partial charge in [0.2, 0.25) is 11.1 Å². The lowest BCUT2D eigenvalue weighted by Crippen LogP contribution is -2.35. The molecule has 2 aromatic carbocycles. The van der Waals surface area contributed by atoms with Gasteiger partial charge in [0.1, 0.15) is 5.52 Å². The van der Waals surface area contributed by atoms with Crippen molar-refractivity contribution in [3.8, 4) is 0 Å². The molecule has 0 saturated carbocycles. The number of carbonyl (C=O) groups is 1. The molecular weight excluding hydrogens is 382 g/mol. The molecule has 1 aliphatic heterocycles. The summed E-state index contributed by atoms with van der Waals surface area (Å²) in [5.74, 6) is 0.0830. The van der Waals surface area contributed by atoms with Crippen LogP contribution in [0.25, 0.3) is 22.1 Å². The number of hydrogen-bond donors (Lipinski definition) is 0. The molecule has 0 spiro atoms. The summed E-state index contributed by atoms with van der Waals surface area (Å²) in [5.41, 5.74) is 4.97. The fourth-order valence-electron chi connectivity index (χ4n) is 4.05. The highest BCUT2D eigenvalue weighted by atomic mass is 32.2. The molecule has 2 aromatic heterocycles. The van der Waals surface area contributed by atoms with Crippen molar-refractivity contribution in [3.63, 3.8) is 0 Å². The first kappa shape index (κ1) is 18.1. The van der Waals surface area contributed by atoms with E-state index in [1.807, 2.05) is 48.2 Å². The number of rotatable bonds is 4. The summed E-state index contributed by atoms with van der Waals surface area (Å²) >= 11 is 1.37. The minimum Gasteiger partial charge on any atom is -0.324 e. The zero-order chi connectivity index (χ0) is 20.0. The Bertz CT molecular complexity index is 1230. The van der Waals surface area contributed by atoms with Crippen LogP contribution < -0.4 is 4.90 Å². The van der Waals surface area contributed by atoms with E-state index < -0.39 is 0 Å². The number of benzene rings is 2. The predicted octanol–water partition coefficient (Wildman–Crippen LogP) is 4.07. The smallest absolute Gasteiger partial charge is 0.240 e. The van der Waals surface area contributed by atoms with Crippen LogP contribution >= 0.6 is 11.8 Å². The first-order chi connectivity index (χ1) is 14.2. The Kier molecular flexibility index (Phi) is 4.47. The first-order valence-electron chi connectivity index (χ1n) is 9.85. The molecule has 0 bridgehead atoms. The summed E-state index contributed by atoms with van der Waals surface area (Å²) in [6.07, 6.45) is 0.903. The third-order valence-electron chi connectivity index (χ3n) is 5.45. The third-order valence-corrected chi connectivity index (χ3v) is 6.39. The molecule has 0 unspecified atom stereocenters. The molecular formula is C22H21N5OS. The fourth-order valence-corrected chi connectivity index (χ4v) is 4.83. The predicted molar refractivity (Wildman–Crippen MR) is 116 cm³/mol. The fraction of sp³-hybridized carbons (Fsp3) is 0.273. The molecule has 1 amide bonds. The van der Waals surface area contributed by atoms with E-state index >= 15 is 0 Å². The second kappa shape index (κ2) is 7.15. The molecule has 29 heavy (non-hydrogen) atoms. The summed E-state index contributed by atoms with van der Waals surface area (Å²) < 4.78 is 2.15. The van der Waals surface area contributed by atoms with Crippen LogP contribution in [0, 0.1) is 0 Å². The van der Waals surface area contributed by atoms with Gasteiger partial charge in [-0.25, -0.2) is 4.98 Å². The highest BCUT2D eigenvalue weighted by Crippen LogP contribution is 2.32. The van der Waals surface area contributed by atoms with Crippen LogP contribution in [-0.2, 0) is 17.8 Å². The lowest BCUT2D eigenvalue weighted by Gasteiger charge is -2.20. The molecule has 1 aliphatic rings. The van der Waals surface area contributed by atoms with E-state index in [0.717, 1.165) is 47.3 Å². The monoisotopic (exact) mass is 403 g/mol. The molecule has 0 N–H and O–H groups in total. The Morgan fingerprint density at radius 2 is 1.93 bits per heavy atom. The van der Waals surface area contributed by atoms with Crippen LogP contribution in [0.15, 0.2) is 53.7 Å². The molecule has 0 fully saturated rings. The molecule has 0 aliphatic carbocycles. The van der Waals surface area contributed by atoms with Gasteiger partial charge in [0.05, 0.1) is 10.8 Å². The number of aromatic nitrogens is 4. The van der Waals surface area contributed by atoms with Crippen molar-refractivity contribution < 1.29 is 4.79 Å². The minimum atomic E-state index is -0.292. The Morgan fingerprint density at radius 3 is 2.79 bits per heavy atom. The van der Waals surface area contributed by atoms with Gasteiger partial charge in [0, 0.05) is 24.2 Å². The van der Waals surface area contributed by atoms with E-state index in [-0.39, 0.29) is 11.2 Å². The molecule has 0 radical (unpaired) electrons. The molecule has 6 nitrogen and oxygen atoms in total. The van der Waals surface area contributed by atoms with E-state index in [1.165, 1.54) is 17.3 Å². The van der Waals surface area contributed by atoms with E-state index in [4.69, 9.17) is 4.98 Å². The van der Waals surface area contributed by atoms with E-state index in [0.29, 0.717) is 5.16 Å². The number of carbonyl (C=O) groups excluding carboxylic acids is 1. The number of thioether (sulfide) groups is 1. The largest absolute Gasteiger partial charge is 0.324 e. The molecule has 4 aromatic rings. The quantitative estimate of drug-likeness (QED) is 0.481. The van der Waals surface area contributed by atoms with E-state index in [9.17, 15) is 4.79 Å². The number of anilines is 1. The van der Waals surface area contributed by atoms with Crippen molar-refractivity contribution in [1.29, 1.82) is 0 Å². The number of amides is 1. The number of aryl methyl sites for hydroxylation is 1. The highest BCUT2D eigenvalue weighted by molar-refractivity contribution is 8.00. The van der Waals surface area contributed by atoms with Gasteiger partial charge in [-0.15, -0.1) is 10.2 Å². The summed E-state index contributed by atoms with van der Waals surface area (Å²) in [7, 11) is 0. The molecule has 146 valence electrons. The number of nitrogens with zero attached hydrogens (tertiary/aromatic N) is 5. The number of hydrogen-bond acceptors (Lipinski definition) is 5. The Morgan fingerprint density at radius 1 is 1.14 bits per heavy atom. The third kappa shape index (κ3) is 2.97. The lowest BCUT2D eigenvalue weighted by atomic mass is 10.2.